The summed E-state index contributed by atoms with van der Waals surface area (Å²) in [6.07, 6.45) is 2.54. The maximum atomic E-state index is 11.0. The van der Waals surface area contributed by atoms with E-state index >= 15 is 0 Å². The van der Waals surface area contributed by atoms with Crippen LogP contribution < -0.4 is 0 Å². The topological polar surface area (TPSA) is 36.6 Å². The van der Waals surface area contributed by atoms with Crippen LogP contribution in [0.15, 0.2) is 28.7 Å². The van der Waals surface area contributed by atoms with Crippen LogP contribution in [0.25, 0.3) is 11.0 Å². The number of hydrogen-bond acceptors (Lipinski definition) is 3. The zero-order valence-electron chi connectivity index (χ0n) is 12.4. The Bertz CT molecular complexity index is 604. The van der Waals surface area contributed by atoms with Crippen LogP contribution in [-0.4, -0.2) is 29.6 Å². The van der Waals surface area contributed by atoms with Crippen LogP contribution in [0.5, 0.6) is 0 Å². The van der Waals surface area contributed by atoms with E-state index in [1.807, 2.05) is 31.2 Å². The third-order valence-electron chi connectivity index (χ3n) is 4.55. The van der Waals surface area contributed by atoms with Gasteiger partial charge in [0.15, 0.2) is 0 Å². The normalized spacial score (nSPS) is 24.9. The van der Waals surface area contributed by atoms with Gasteiger partial charge in [0.2, 0.25) is 0 Å². The summed E-state index contributed by atoms with van der Waals surface area (Å²) < 4.78 is 6.00. The Kier molecular flexibility index (Phi) is 3.57. The van der Waals surface area contributed by atoms with Crippen molar-refractivity contribution in [3.8, 4) is 0 Å². The summed E-state index contributed by atoms with van der Waals surface area (Å²) in [7, 11) is 0. The predicted molar refractivity (Wildman–Crippen MR) is 80.8 cm³/mol. The quantitative estimate of drug-likeness (QED) is 0.910. The number of nitrogens with zero attached hydrogens (tertiary/aromatic N) is 1. The van der Waals surface area contributed by atoms with E-state index in [0.29, 0.717) is 0 Å². The molecule has 108 valence electrons. The summed E-state index contributed by atoms with van der Waals surface area (Å²) in [5.41, 5.74) is 1.23. The van der Waals surface area contributed by atoms with Crippen LogP contribution in [0, 0.1) is 6.92 Å². The summed E-state index contributed by atoms with van der Waals surface area (Å²) in [6.45, 7) is 7.27. The number of rotatable bonds is 2. The molecule has 1 aliphatic heterocycles. The molecule has 2 aromatic rings. The van der Waals surface area contributed by atoms with E-state index in [4.69, 9.17) is 4.42 Å². The highest BCUT2D eigenvalue weighted by molar-refractivity contribution is 5.81. The summed E-state index contributed by atoms with van der Waals surface area (Å²) in [5, 5.41) is 12.1. The van der Waals surface area contributed by atoms with E-state index in [1.54, 1.807) is 0 Å². The largest absolute Gasteiger partial charge is 0.458 e. The number of hydrogen-bond donors (Lipinski definition) is 1. The smallest absolute Gasteiger partial charge is 0.137 e. The van der Waals surface area contributed by atoms with Gasteiger partial charge in [0.05, 0.1) is 0 Å². The van der Waals surface area contributed by atoms with Crippen LogP contribution in [0.1, 0.15) is 37.5 Å². The average Bonchev–Trinajstić information content (AvgIpc) is 2.80. The predicted octanol–water partition coefficient (Wildman–Crippen LogP) is 3.43. The molecule has 3 heteroatoms. The van der Waals surface area contributed by atoms with E-state index in [0.717, 1.165) is 61.2 Å². The maximum Gasteiger partial charge on any atom is 0.137 e. The van der Waals surface area contributed by atoms with Gasteiger partial charge in [-0.15, -0.1) is 0 Å². The molecule has 0 spiro atoms. The fourth-order valence-electron chi connectivity index (χ4n) is 3.18. The molecular weight excluding hydrogens is 250 g/mol. The molecule has 0 radical (unpaired) electrons. The molecule has 1 saturated heterocycles. The zero-order valence-corrected chi connectivity index (χ0v) is 12.4. The number of likely N-dealkylation sites (tertiary alicyclic amines) is 1. The Hall–Kier alpha value is -1.32. The first-order valence-corrected chi connectivity index (χ1v) is 7.57. The fourth-order valence-corrected chi connectivity index (χ4v) is 3.18. The lowest BCUT2D eigenvalue weighted by Gasteiger charge is -2.24. The van der Waals surface area contributed by atoms with E-state index in [-0.39, 0.29) is 0 Å². The van der Waals surface area contributed by atoms with Crippen molar-refractivity contribution in [3.63, 3.8) is 0 Å². The molecule has 1 N–H and O–H groups in total. The molecule has 1 fully saturated rings. The highest BCUT2D eigenvalue weighted by Crippen LogP contribution is 2.36. The minimum atomic E-state index is -0.810. The number of benzene rings is 1. The second kappa shape index (κ2) is 5.23. The van der Waals surface area contributed by atoms with E-state index in [1.165, 1.54) is 0 Å². The number of furan rings is 1. The molecule has 1 aromatic carbocycles. The van der Waals surface area contributed by atoms with Crippen LogP contribution in [0.4, 0.5) is 0 Å². The van der Waals surface area contributed by atoms with Gasteiger partial charge in [-0.05, 0) is 50.9 Å². The van der Waals surface area contributed by atoms with Crippen molar-refractivity contribution in [3.05, 3.63) is 35.6 Å². The highest BCUT2D eigenvalue weighted by atomic mass is 16.4. The van der Waals surface area contributed by atoms with Crippen molar-refractivity contribution in [1.29, 1.82) is 0 Å². The number of para-hydroxylation sites is 1. The minimum absolute atomic E-state index is 0.736. The molecule has 3 rings (SSSR count). The standard InChI is InChI=1S/C17H23NO2/c1-3-18-10-5-8-17(19,9-11-18)15-12-14-7-4-6-13(2)16(14)20-15/h4,6-7,12,19H,3,5,8-11H2,1-2H3. The lowest BCUT2D eigenvalue weighted by molar-refractivity contribution is 0.00189. The number of aryl methyl sites for hydroxylation is 1. The molecule has 1 aliphatic rings. The van der Waals surface area contributed by atoms with Crippen LogP contribution in [0.3, 0.4) is 0 Å². The van der Waals surface area contributed by atoms with Crippen molar-refractivity contribution in [2.75, 3.05) is 19.6 Å². The Labute approximate surface area is 120 Å². The number of fused-ring (bicyclic) bond motifs is 1. The Balaban J connectivity index is 1.94. The molecule has 1 unspecified atom stereocenters. The summed E-state index contributed by atoms with van der Waals surface area (Å²) in [4.78, 5) is 2.39. The molecule has 20 heavy (non-hydrogen) atoms. The Morgan fingerprint density at radius 1 is 1.30 bits per heavy atom. The summed E-state index contributed by atoms with van der Waals surface area (Å²) in [5.74, 6) is 0.736. The lowest BCUT2D eigenvalue weighted by Crippen LogP contribution is -2.28. The highest BCUT2D eigenvalue weighted by Gasteiger charge is 2.35. The van der Waals surface area contributed by atoms with Crippen molar-refractivity contribution in [2.45, 2.75) is 38.7 Å². The van der Waals surface area contributed by atoms with Crippen molar-refractivity contribution in [2.24, 2.45) is 0 Å². The first-order valence-electron chi connectivity index (χ1n) is 7.57. The van der Waals surface area contributed by atoms with Crippen LogP contribution in [-0.2, 0) is 5.60 Å². The van der Waals surface area contributed by atoms with Gasteiger partial charge >= 0.3 is 0 Å². The lowest BCUT2D eigenvalue weighted by atomic mass is 9.92. The summed E-state index contributed by atoms with van der Waals surface area (Å²) >= 11 is 0. The molecular formula is C17H23NO2. The molecule has 3 nitrogen and oxygen atoms in total. The minimum Gasteiger partial charge on any atom is -0.458 e. The second-order valence-electron chi connectivity index (χ2n) is 5.92. The van der Waals surface area contributed by atoms with Crippen molar-refractivity contribution in [1.82, 2.24) is 4.90 Å². The summed E-state index contributed by atoms with van der Waals surface area (Å²) in [6, 6.07) is 8.15. The first-order chi connectivity index (χ1) is 9.62. The van der Waals surface area contributed by atoms with Crippen LogP contribution >= 0.6 is 0 Å². The third kappa shape index (κ3) is 2.36. The van der Waals surface area contributed by atoms with Gasteiger partial charge in [-0.3, -0.25) is 0 Å². The SMILES string of the molecule is CCN1CCCC(O)(c2cc3cccc(C)c3o2)CC1. The van der Waals surface area contributed by atoms with E-state index < -0.39 is 5.60 Å². The van der Waals surface area contributed by atoms with Crippen molar-refractivity contribution < 1.29 is 9.52 Å². The van der Waals surface area contributed by atoms with Crippen LogP contribution in [0.2, 0.25) is 0 Å². The van der Waals surface area contributed by atoms with E-state index in [9.17, 15) is 5.11 Å². The monoisotopic (exact) mass is 273 g/mol. The zero-order chi connectivity index (χ0) is 14.2. The average molecular weight is 273 g/mol. The third-order valence-corrected chi connectivity index (χ3v) is 4.55. The van der Waals surface area contributed by atoms with Gasteiger partial charge in [0.1, 0.15) is 16.9 Å². The maximum absolute atomic E-state index is 11.0. The molecule has 0 saturated carbocycles. The van der Waals surface area contributed by atoms with E-state index in [2.05, 4.69) is 11.8 Å². The van der Waals surface area contributed by atoms with Gasteiger partial charge in [-0.1, -0.05) is 25.1 Å². The van der Waals surface area contributed by atoms with Gasteiger partial charge in [0, 0.05) is 11.9 Å². The fraction of sp³-hybridized carbons (Fsp3) is 0.529. The molecule has 1 atom stereocenters. The molecule has 1 aromatic heterocycles. The van der Waals surface area contributed by atoms with Gasteiger partial charge in [-0.2, -0.15) is 0 Å². The van der Waals surface area contributed by atoms with Gasteiger partial charge in [-0.25, -0.2) is 0 Å². The van der Waals surface area contributed by atoms with Gasteiger partial charge < -0.3 is 14.4 Å². The van der Waals surface area contributed by atoms with Crippen molar-refractivity contribution >= 4 is 11.0 Å². The number of aliphatic hydroxyl groups is 1. The first kappa shape index (κ1) is 13.7. The second-order valence-corrected chi connectivity index (χ2v) is 5.92. The van der Waals surface area contributed by atoms with Gasteiger partial charge in [0.25, 0.3) is 0 Å². The molecule has 0 amide bonds. The Morgan fingerprint density at radius 2 is 2.15 bits per heavy atom. The molecule has 2 heterocycles. The molecule has 0 bridgehead atoms. The molecule has 0 aliphatic carbocycles. The Morgan fingerprint density at radius 3 is 2.90 bits per heavy atom.